The SMILES string of the molecule is c1ccc(-n2c(-c3cc(-c4ccc(-n5c6ccccc6c6ccccc65)cc4)cc(-c4nc5ccccc5n4-c4ccccc4)c3)nc3ccccc32)cc1. The summed E-state index contributed by atoms with van der Waals surface area (Å²) < 4.78 is 6.90. The fraction of sp³-hybridized carbons (Fsp3) is 0. The van der Waals surface area contributed by atoms with Crippen LogP contribution in [0.15, 0.2) is 200 Å². The Morgan fingerprint density at radius 1 is 0.273 bits per heavy atom. The van der Waals surface area contributed by atoms with Crippen molar-refractivity contribution in [1.82, 2.24) is 23.7 Å². The summed E-state index contributed by atoms with van der Waals surface area (Å²) in [4.78, 5) is 10.6. The molecular formula is C50H33N5. The van der Waals surface area contributed by atoms with Crippen LogP contribution in [0, 0.1) is 0 Å². The summed E-state index contributed by atoms with van der Waals surface area (Å²) in [5.41, 5.74) is 13.8. The lowest BCUT2D eigenvalue weighted by molar-refractivity contribution is 1.09. The van der Waals surface area contributed by atoms with E-state index < -0.39 is 0 Å². The predicted octanol–water partition coefficient (Wildman–Crippen LogP) is 12.5. The van der Waals surface area contributed by atoms with E-state index in [0.717, 1.165) is 73.0 Å². The van der Waals surface area contributed by atoms with Crippen LogP contribution in [0.1, 0.15) is 0 Å². The maximum absolute atomic E-state index is 5.29. The molecule has 3 heterocycles. The highest BCUT2D eigenvalue weighted by atomic mass is 15.1. The van der Waals surface area contributed by atoms with Gasteiger partial charge < -0.3 is 4.57 Å². The third kappa shape index (κ3) is 5.09. The highest BCUT2D eigenvalue weighted by Gasteiger charge is 2.20. The van der Waals surface area contributed by atoms with Crippen LogP contribution >= 0.6 is 0 Å². The van der Waals surface area contributed by atoms with Gasteiger partial charge in [0, 0.05) is 39.0 Å². The summed E-state index contributed by atoms with van der Waals surface area (Å²) in [7, 11) is 0. The second-order valence-corrected chi connectivity index (χ2v) is 13.9. The summed E-state index contributed by atoms with van der Waals surface area (Å²) in [6, 6.07) is 70.8. The number of rotatable bonds is 6. The first kappa shape index (κ1) is 31.1. The molecule has 0 aliphatic rings. The number of imidazole rings is 2. The Balaban J connectivity index is 1.15. The molecule has 0 aliphatic carbocycles. The molecule has 0 N–H and O–H groups in total. The maximum atomic E-state index is 5.29. The van der Waals surface area contributed by atoms with Crippen LogP contribution in [0.2, 0.25) is 0 Å². The van der Waals surface area contributed by atoms with Crippen LogP contribution in [0.25, 0.3) is 94.8 Å². The van der Waals surface area contributed by atoms with Crippen molar-refractivity contribution in [2.45, 2.75) is 0 Å². The summed E-state index contributed by atoms with van der Waals surface area (Å²) in [6.07, 6.45) is 0. The van der Waals surface area contributed by atoms with Crippen LogP contribution < -0.4 is 0 Å². The van der Waals surface area contributed by atoms with Gasteiger partial charge >= 0.3 is 0 Å². The van der Waals surface area contributed by atoms with Crippen molar-refractivity contribution in [3.05, 3.63) is 200 Å². The molecule has 258 valence electrons. The Hall–Kier alpha value is -7.50. The van der Waals surface area contributed by atoms with Crippen molar-refractivity contribution in [2.75, 3.05) is 0 Å². The molecule has 0 saturated carbocycles. The zero-order valence-corrected chi connectivity index (χ0v) is 29.8. The van der Waals surface area contributed by atoms with E-state index in [0.29, 0.717) is 0 Å². The molecule has 0 saturated heterocycles. The third-order valence-corrected chi connectivity index (χ3v) is 10.6. The van der Waals surface area contributed by atoms with Crippen LogP contribution in [-0.4, -0.2) is 23.7 Å². The molecule has 8 aromatic carbocycles. The number of para-hydroxylation sites is 8. The third-order valence-electron chi connectivity index (χ3n) is 10.6. The van der Waals surface area contributed by atoms with Gasteiger partial charge in [0.15, 0.2) is 0 Å². The van der Waals surface area contributed by atoms with Gasteiger partial charge in [-0.15, -0.1) is 0 Å². The fourth-order valence-electron chi connectivity index (χ4n) is 8.17. The molecule has 0 amide bonds. The first-order valence-electron chi connectivity index (χ1n) is 18.6. The van der Waals surface area contributed by atoms with Crippen LogP contribution in [-0.2, 0) is 0 Å². The number of hydrogen-bond donors (Lipinski definition) is 0. The zero-order chi connectivity index (χ0) is 36.3. The van der Waals surface area contributed by atoms with Crippen LogP contribution in [0.4, 0.5) is 0 Å². The maximum Gasteiger partial charge on any atom is 0.145 e. The van der Waals surface area contributed by atoms with Crippen molar-refractivity contribution in [1.29, 1.82) is 0 Å². The van der Waals surface area contributed by atoms with E-state index in [1.807, 2.05) is 0 Å². The van der Waals surface area contributed by atoms with Crippen molar-refractivity contribution in [3.63, 3.8) is 0 Å². The molecule has 0 fully saturated rings. The van der Waals surface area contributed by atoms with Gasteiger partial charge in [-0.3, -0.25) is 9.13 Å². The number of aromatic nitrogens is 5. The molecule has 0 bridgehead atoms. The lowest BCUT2D eigenvalue weighted by atomic mass is 9.98. The second-order valence-electron chi connectivity index (χ2n) is 13.9. The van der Waals surface area contributed by atoms with Gasteiger partial charge in [0.05, 0.1) is 33.1 Å². The highest BCUT2D eigenvalue weighted by molar-refractivity contribution is 6.09. The molecule has 5 nitrogen and oxygen atoms in total. The smallest absolute Gasteiger partial charge is 0.145 e. The summed E-state index contributed by atoms with van der Waals surface area (Å²) in [6.45, 7) is 0. The topological polar surface area (TPSA) is 40.6 Å². The Bertz CT molecular complexity index is 3000. The highest BCUT2D eigenvalue weighted by Crippen LogP contribution is 2.38. The van der Waals surface area contributed by atoms with Gasteiger partial charge in [0.25, 0.3) is 0 Å². The first-order valence-corrected chi connectivity index (χ1v) is 18.6. The Kier molecular flexibility index (Phi) is 7.10. The number of fused-ring (bicyclic) bond motifs is 5. The predicted molar refractivity (Wildman–Crippen MR) is 226 cm³/mol. The van der Waals surface area contributed by atoms with E-state index in [1.54, 1.807) is 0 Å². The van der Waals surface area contributed by atoms with E-state index in [-0.39, 0.29) is 0 Å². The van der Waals surface area contributed by atoms with Gasteiger partial charge in [0.2, 0.25) is 0 Å². The molecule has 0 unspecified atom stereocenters. The number of nitrogens with zero attached hydrogens (tertiary/aromatic N) is 5. The van der Waals surface area contributed by atoms with Gasteiger partial charge in [-0.1, -0.05) is 109 Å². The van der Waals surface area contributed by atoms with E-state index in [1.165, 1.54) is 21.8 Å². The lowest BCUT2D eigenvalue weighted by Crippen LogP contribution is -2.00. The number of benzene rings is 8. The van der Waals surface area contributed by atoms with Gasteiger partial charge in [-0.2, -0.15) is 0 Å². The lowest BCUT2D eigenvalue weighted by Gasteiger charge is -2.15. The van der Waals surface area contributed by atoms with E-state index in [4.69, 9.17) is 9.97 Å². The standard InChI is InChI=1S/C50H33N5/c1-3-15-38(16-4-1)54-47-25-13-9-21-43(47)51-49(54)36-31-35(32-37(33-36)50-52-44-22-10-14-26-48(44)55(50)39-17-5-2-6-18-39)34-27-29-40(30-28-34)53-45-23-11-7-19-41(45)42-20-8-12-24-46(42)53/h1-33H. The Morgan fingerprint density at radius 3 is 1.15 bits per heavy atom. The van der Waals surface area contributed by atoms with Gasteiger partial charge in [-0.25, -0.2) is 9.97 Å². The van der Waals surface area contributed by atoms with Gasteiger partial charge in [-0.05, 0) is 102 Å². The monoisotopic (exact) mass is 703 g/mol. The minimum Gasteiger partial charge on any atom is -0.309 e. The molecular weight excluding hydrogens is 671 g/mol. The quantitative estimate of drug-likeness (QED) is 0.173. The molecule has 0 spiro atoms. The largest absolute Gasteiger partial charge is 0.309 e. The molecule has 55 heavy (non-hydrogen) atoms. The van der Waals surface area contributed by atoms with E-state index >= 15 is 0 Å². The molecule has 0 aliphatic heterocycles. The van der Waals surface area contributed by atoms with Crippen LogP contribution in [0.5, 0.6) is 0 Å². The Morgan fingerprint density at radius 2 is 0.655 bits per heavy atom. The minimum atomic E-state index is 0.875. The molecule has 11 rings (SSSR count). The minimum absolute atomic E-state index is 0.875. The second kappa shape index (κ2) is 12.6. The average molecular weight is 704 g/mol. The van der Waals surface area contributed by atoms with Crippen molar-refractivity contribution < 1.29 is 0 Å². The molecule has 0 radical (unpaired) electrons. The average Bonchev–Trinajstić information content (AvgIpc) is 3.95. The fourth-order valence-corrected chi connectivity index (χ4v) is 8.17. The van der Waals surface area contributed by atoms with Crippen LogP contribution in [0.3, 0.4) is 0 Å². The molecule has 0 atom stereocenters. The van der Waals surface area contributed by atoms with Crippen molar-refractivity contribution >= 4 is 43.9 Å². The van der Waals surface area contributed by atoms with Gasteiger partial charge in [0.1, 0.15) is 11.6 Å². The summed E-state index contributed by atoms with van der Waals surface area (Å²) in [5, 5.41) is 2.50. The normalized spacial score (nSPS) is 11.6. The summed E-state index contributed by atoms with van der Waals surface area (Å²) >= 11 is 0. The first-order chi connectivity index (χ1) is 27.3. The Labute approximate surface area is 317 Å². The van der Waals surface area contributed by atoms with Crippen molar-refractivity contribution in [2.24, 2.45) is 0 Å². The van der Waals surface area contributed by atoms with E-state index in [2.05, 4.69) is 214 Å². The van der Waals surface area contributed by atoms with E-state index in [9.17, 15) is 0 Å². The zero-order valence-electron chi connectivity index (χ0n) is 29.8. The molecule has 5 heteroatoms. The molecule has 11 aromatic rings. The van der Waals surface area contributed by atoms with Crippen molar-refractivity contribution in [3.8, 4) is 51.0 Å². The number of hydrogen-bond acceptors (Lipinski definition) is 2. The summed E-state index contributed by atoms with van der Waals surface area (Å²) in [5.74, 6) is 1.75. The molecule has 3 aromatic heterocycles.